The number of carbonyl (C=O) groups is 2. The van der Waals surface area contributed by atoms with E-state index in [4.69, 9.17) is 0 Å². The molecule has 4 rings (SSSR count). The van der Waals surface area contributed by atoms with Crippen LogP contribution in [0, 0.1) is 18.7 Å². The van der Waals surface area contributed by atoms with Crippen LogP contribution in [0.3, 0.4) is 0 Å². The predicted molar refractivity (Wildman–Crippen MR) is 117 cm³/mol. The summed E-state index contributed by atoms with van der Waals surface area (Å²) in [7, 11) is 0. The summed E-state index contributed by atoms with van der Waals surface area (Å²) in [6.45, 7) is 5.88. The number of carbonyl (C=O) groups excluding carboxylic acids is 2. The van der Waals surface area contributed by atoms with E-state index in [0.717, 1.165) is 30.0 Å². The molecular formula is C24H29FN4O2. The molecule has 1 atom stereocenters. The van der Waals surface area contributed by atoms with E-state index < -0.39 is 0 Å². The number of hydrogen-bond acceptors (Lipinski definition) is 4. The zero-order chi connectivity index (χ0) is 21.8. The minimum atomic E-state index is -0.268. The van der Waals surface area contributed by atoms with E-state index in [-0.39, 0.29) is 23.5 Å². The fourth-order valence-corrected chi connectivity index (χ4v) is 4.49. The summed E-state index contributed by atoms with van der Waals surface area (Å²) in [6.07, 6.45) is 3.39. The lowest BCUT2D eigenvalue weighted by Gasteiger charge is -2.39. The number of aromatic nitrogens is 1. The average Bonchev–Trinajstić information content (AvgIpc) is 2.79. The van der Waals surface area contributed by atoms with Crippen LogP contribution in [0.1, 0.15) is 24.0 Å². The topological polar surface area (TPSA) is 56.8 Å². The van der Waals surface area contributed by atoms with Crippen LogP contribution in [0.2, 0.25) is 0 Å². The molecule has 2 amide bonds. The molecule has 6 nitrogen and oxygen atoms in total. The van der Waals surface area contributed by atoms with Crippen molar-refractivity contribution in [2.24, 2.45) is 5.92 Å². The molecule has 3 heterocycles. The van der Waals surface area contributed by atoms with Crippen LogP contribution in [0.25, 0.3) is 0 Å². The zero-order valence-corrected chi connectivity index (χ0v) is 18.0. The lowest BCUT2D eigenvalue weighted by molar-refractivity contribution is -0.143. The van der Waals surface area contributed by atoms with Crippen LogP contribution in [0.4, 0.5) is 10.2 Å². The lowest BCUT2D eigenvalue weighted by atomic mass is 9.95. The fraction of sp³-hybridized carbons (Fsp3) is 0.458. The smallest absolute Gasteiger partial charge is 0.227 e. The number of piperidine rings is 1. The molecule has 2 saturated heterocycles. The first kappa shape index (κ1) is 21.3. The average molecular weight is 425 g/mol. The highest BCUT2D eigenvalue weighted by Gasteiger charge is 2.34. The van der Waals surface area contributed by atoms with Gasteiger partial charge in [-0.15, -0.1) is 0 Å². The van der Waals surface area contributed by atoms with Gasteiger partial charge in [0.15, 0.2) is 0 Å². The molecule has 0 radical (unpaired) electrons. The molecule has 1 aromatic heterocycles. The van der Waals surface area contributed by atoms with Crippen LogP contribution in [0.15, 0.2) is 42.6 Å². The van der Waals surface area contributed by atoms with Gasteiger partial charge in [0.2, 0.25) is 11.8 Å². The SMILES string of the molecule is Cc1cccnc1N1CCN(C(=O)[C@H]2CCC(=O)N(CCc3cccc(F)c3)C2)CC1. The standard InChI is InChI=1S/C24H29FN4O2/c1-18-4-3-10-26-23(18)27-12-14-28(15-13-27)24(31)20-7-8-22(30)29(17-20)11-9-19-5-2-6-21(25)16-19/h2-6,10,16,20H,7-9,11-15,17H2,1H3/t20-/m0/s1. The van der Waals surface area contributed by atoms with E-state index in [9.17, 15) is 14.0 Å². The number of piperazine rings is 1. The highest BCUT2D eigenvalue weighted by molar-refractivity contribution is 5.84. The van der Waals surface area contributed by atoms with Crippen molar-refractivity contribution in [1.29, 1.82) is 0 Å². The van der Waals surface area contributed by atoms with Gasteiger partial charge in [-0.3, -0.25) is 9.59 Å². The van der Waals surface area contributed by atoms with Crippen LogP contribution in [0.5, 0.6) is 0 Å². The Morgan fingerprint density at radius 2 is 1.97 bits per heavy atom. The first-order chi connectivity index (χ1) is 15.0. The van der Waals surface area contributed by atoms with Gasteiger partial charge in [0.05, 0.1) is 5.92 Å². The molecule has 0 aliphatic carbocycles. The van der Waals surface area contributed by atoms with Gasteiger partial charge in [0.25, 0.3) is 0 Å². The maximum atomic E-state index is 13.4. The second kappa shape index (κ2) is 9.45. The Morgan fingerprint density at radius 3 is 2.71 bits per heavy atom. The Kier molecular flexibility index (Phi) is 6.49. The van der Waals surface area contributed by atoms with Crippen molar-refractivity contribution >= 4 is 17.6 Å². The normalized spacial score (nSPS) is 19.6. The highest BCUT2D eigenvalue weighted by Crippen LogP contribution is 2.23. The molecule has 0 bridgehead atoms. The third-order valence-electron chi connectivity index (χ3n) is 6.28. The molecular weight excluding hydrogens is 395 g/mol. The first-order valence-corrected chi connectivity index (χ1v) is 11.0. The Balaban J connectivity index is 1.31. The van der Waals surface area contributed by atoms with Gasteiger partial charge in [-0.1, -0.05) is 18.2 Å². The zero-order valence-electron chi connectivity index (χ0n) is 18.0. The quantitative estimate of drug-likeness (QED) is 0.741. The molecule has 31 heavy (non-hydrogen) atoms. The monoisotopic (exact) mass is 424 g/mol. The van der Waals surface area contributed by atoms with Crippen molar-refractivity contribution in [3.05, 3.63) is 59.5 Å². The maximum absolute atomic E-state index is 13.4. The molecule has 2 aromatic rings. The number of anilines is 1. The Bertz CT molecular complexity index is 943. The number of rotatable bonds is 5. The van der Waals surface area contributed by atoms with E-state index in [1.165, 1.54) is 12.1 Å². The lowest BCUT2D eigenvalue weighted by Crippen LogP contribution is -2.53. The molecule has 0 spiro atoms. The van der Waals surface area contributed by atoms with Crippen molar-refractivity contribution in [1.82, 2.24) is 14.8 Å². The van der Waals surface area contributed by atoms with Crippen molar-refractivity contribution in [3.63, 3.8) is 0 Å². The van der Waals surface area contributed by atoms with Gasteiger partial charge in [0, 0.05) is 51.9 Å². The van der Waals surface area contributed by atoms with E-state index in [2.05, 4.69) is 22.9 Å². The highest BCUT2D eigenvalue weighted by atomic mass is 19.1. The second-order valence-electron chi connectivity index (χ2n) is 8.41. The third kappa shape index (κ3) is 5.03. The molecule has 0 N–H and O–H groups in total. The number of likely N-dealkylation sites (tertiary alicyclic amines) is 1. The molecule has 2 aliphatic heterocycles. The summed E-state index contributed by atoms with van der Waals surface area (Å²) < 4.78 is 13.4. The minimum absolute atomic E-state index is 0.0795. The minimum Gasteiger partial charge on any atom is -0.353 e. The van der Waals surface area contributed by atoms with Gasteiger partial charge in [-0.25, -0.2) is 9.37 Å². The van der Waals surface area contributed by atoms with Crippen LogP contribution < -0.4 is 4.90 Å². The van der Waals surface area contributed by atoms with Crippen molar-refractivity contribution < 1.29 is 14.0 Å². The summed E-state index contributed by atoms with van der Waals surface area (Å²) >= 11 is 0. The summed E-state index contributed by atoms with van der Waals surface area (Å²) in [5, 5.41) is 0. The van der Waals surface area contributed by atoms with Gasteiger partial charge in [-0.2, -0.15) is 0 Å². The number of amides is 2. The molecule has 2 fully saturated rings. The number of aryl methyl sites for hydroxylation is 1. The molecule has 2 aliphatic rings. The van der Waals surface area contributed by atoms with E-state index in [0.29, 0.717) is 45.4 Å². The summed E-state index contributed by atoms with van der Waals surface area (Å²) in [4.78, 5) is 35.9. The fourth-order valence-electron chi connectivity index (χ4n) is 4.49. The van der Waals surface area contributed by atoms with Gasteiger partial charge >= 0.3 is 0 Å². The van der Waals surface area contributed by atoms with Crippen molar-refractivity contribution in [2.75, 3.05) is 44.2 Å². The van der Waals surface area contributed by atoms with Crippen molar-refractivity contribution in [2.45, 2.75) is 26.2 Å². The van der Waals surface area contributed by atoms with Crippen LogP contribution in [-0.4, -0.2) is 65.9 Å². The molecule has 0 unspecified atom stereocenters. The van der Waals surface area contributed by atoms with E-state index >= 15 is 0 Å². The third-order valence-corrected chi connectivity index (χ3v) is 6.28. The summed E-state index contributed by atoms with van der Waals surface area (Å²) in [5.41, 5.74) is 2.00. The second-order valence-corrected chi connectivity index (χ2v) is 8.41. The Morgan fingerprint density at radius 1 is 1.16 bits per heavy atom. The molecule has 0 saturated carbocycles. The van der Waals surface area contributed by atoms with E-state index in [1.54, 1.807) is 17.2 Å². The van der Waals surface area contributed by atoms with Crippen LogP contribution in [-0.2, 0) is 16.0 Å². The van der Waals surface area contributed by atoms with Gasteiger partial charge in [-0.05, 0) is 49.1 Å². The Labute approximate surface area is 182 Å². The first-order valence-electron chi connectivity index (χ1n) is 11.0. The largest absolute Gasteiger partial charge is 0.353 e. The maximum Gasteiger partial charge on any atom is 0.227 e. The predicted octanol–water partition coefficient (Wildman–Crippen LogP) is 2.66. The molecule has 7 heteroatoms. The molecule has 1 aromatic carbocycles. The number of benzene rings is 1. The van der Waals surface area contributed by atoms with Gasteiger partial charge in [0.1, 0.15) is 11.6 Å². The van der Waals surface area contributed by atoms with Crippen molar-refractivity contribution in [3.8, 4) is 0 Å². The Hall–Kier alpha value is -2.96. The summed E-state index contributed by atoms with van der Waals surface area (Å²) in [6, 6.07) is 10.4. The number of halogens is 1. The number of hydrogen-bond donors (Lipinski definition) is 0. The number of nitrogens with zero attached hydrogens (tertiary/aromatic N) is 4. The summed E-state index contributed by atoms with van der Waals surface area (Å²) in [5.74, 6) is 0.779. The van der Waals surface area contributed by atoms with E-state index in [1.807, 2.05) is 17.0 Å². The molecule has 164 valence electrons. The van der Waals surface area contributed by atoms with Gasteiger partial charge < -0.3 is 14.7 Å². The number of pyridine rings is 1. The van der Waals surface area contributed by atoms with Crippen LogP contribution >= 0.6 is 0 Å².